The van der Waals surface area contributed by atoms with E-state index in [-0.39, 0.29) is 5.91 Å². The van der Waals surface area contributed by atoms with Crippen LogP contribution in [0.4, 0.5) is 0 Å². The van der Waals surface area contributed by atoms with Gasteiger partial charge in [0.2, 0.25) is 0 Å². The van der Waals surface area contributed by atoms with Gasteiger partial charge in [-0.1, -0.05) is 65.3 Å². The zero-order valence-corrected chi connectivity index (χ0v) is 15.8. The Hall–Kier alpha value is -3.40. The van der Waals surface area contributed by atoms with Crippen LogP contribution in [-0.2, 0) is 6.42 Å². The molecule has 0 spiro atoms. The summed E-state index contributed by atoms with van der Waals surface area (Å²) in [5.74, 6) is 0.611. The van der Waals surface area contributed by atoms with Crippen LogP contribution < -0.4 is 5.32 Å². The van der Waals surface area contributed by atoms with Gasteiger partial charge in [0.1, 0.15) is 5.52 Å². The lowest BCUT2D eigenvalue weighted by Gasteiger charge is -2.06. The smallest absolute Gasteiger partial charge is 0.251 e. The molecule has 0 aliphatic carbocycles. The highest BCUT2D eigenvalue weighted by atomic mass is 16.5. The van der Waals surface area contributed by atoms with E-state index in [1.807, 2.05) is 61.5 Å². The van der Waals surface area contributed by atoms with E-state index in [0.29, 0.717) is 17.9 Å². The Morgan fingerprint density at radius 3 is 2.57 bits per heavy atom. The van der Waals surface area contributed by atoms with Crippen molar-refractivity contribution in [3.63, 3.8) is 0 Å². The first-order valence-corrected chi connectivity index (χ1v) is 9.49. The first-order valence-electron chi connectivity index (χ1n) is 9.49. The van der Waals surface area contributed by atoms with Gasteiger partial charge >= 0.3 is 0 Å². The quantitative estimate of drug-likeness (QED) is 0.477. The molecule has 1 N–H and O–H groups in total. The van der Waals surface area contributed by atoms with Gasteiger partial charge in [0.05, 0.1) is 5.39 Å². The number of amides is 1. The Labute approximate surface area is 164 Å². The van der Waals surface area contributed by atoms with Crippen LogP contribution in [0.3, 0.4) is 0 Å². The lowest BCUT2D eigenvalue weighted by Crippen LogP contribution is -2.24. The number of hydrogen-bond donors (Lipinski definition) is 1. The maximum absolute atomic E-state index is 12.6. The third-order valence-corrected chi connectivity index (χ3v) is 4.82. The molecule has 0 saturated heterocycles. The topological polar surface area (TPSA) is 55.1 Å². The molecule has 4 nitrogen and oxygen atoms in total. The van der Waals surface area contributed by atoms with Gasteiger partial charge in [-0.05, 0) is 43.5 Å². The standard InChI is InChI=1S/C24H22N2O2/c1-17-9-11-19(12-10-17)23-21-16-20(13-14-22(21)26-28-23)24(27)25-15-5-8-18-6-3-2-4-7-18/h2-4,6-7,9-14,16H,5,8,15H2,1H3,(H,25,27). The van der Waals surface area contributed by atoms with E-state index in [0.717, 1.165) is 29.3 Å². The van der Waals surface area contributed by atoms with Gasteiger partial charge in [-0.25, -0.2) is 0 Å². The van der Waals surface area contributed by atoms with Crippen molar-refractivity contribution in [3.05, 3.63) is 89.5 Å². The van der Waals surface area contributed by atoms with Gasteiger partial charge in [0.25, 0.3) is 5.91 Å². The van der Waals surface area contributed by atoms with Crippen LogP contribution in [0, 0.1) is 6.92 Å². The highest BCUT2D eigenvalue weighted by Gasteiger charge is 2.14. The SMILES string of the molecule is Cc1ccc(-c2onc3ccc(C(=O)NCCCc4ccccc4)cc23)cc1. The Morgan fingerprint density at radius 1 is 1.00 bits per heavy atom. The third-order valence-electron chi connectivity index (χ3n) is 4.82. The van der Waals surface area contributed by atoms with Crippen molar-refractivity contribution >= 4 is 16.8 Å². The van der Waals surface area contributed by atoms with Crippen molar-refractivity contribution in [1.29, 1.82) is 0 Å². The molecule has 0 radical (unpaired) electrons. The molecule has 1 amide bonds. The molecule has 4 aromatic rings. The van der Waals surface area contributed by atoms with Gasteiger partial charge < -0.3 is 9.84 Å². The highest BCUT2D eigenvalue weighted by molar-refractivity contribution is 6.00. The molecule has 0 bridgehead atoms. The number of aromatic nitrogens is 1. The van der Waals surface area contributed by atoms with Crippen LogP contribution >= 0.6 is 0 Å². The number of nitrogens with zero attached hydrogens (tertiary/aromatic N) is 1. The van der Waals surface area contributed by atoms with Crippen molar-refractivity contribution in [2.24, 2.45) is 0 Å². The normalized spacial score (nSPS) is 10.9. The summed E-state index contributed by atoms with van der Waals surface area (Å²) < 4.78 is 5.54. The molecule has 3 aromatic carbocycles. The lowest BCUT2D eigenvalue weighted by atomic mass is 10.0. The molecule has 0 aliphatic rings. The maximum Gasteiger partial charge on any atom is 0.251 e. The van der Waals surface area contributed by atoms with Crippen LogP contribution in [0.1, 0.15) is 27.9 Å². The summed E-state index contributed by atoms with van der Waals surface area (Å²) in [7, 11) is 0. The second-order valence-electron chi connectivity index (χ2n) is 6.95. The molecule has 0 unspecified atom stereocenters. The molecule has 140 valence electrons. The maximum atomic E-state index is 12.6. The monoisotopic (exact) mass is 370 g/mol. The minimum atomic E-state index is -0.0778. The molecule has 1 aromatic heterocycles. The number of nitrogens with one attached hydrogen (secondary N) is 1. The minimum absolute atomic E-state index is 0.0778. The predicted molar refractivity (Wildman–Crippen MR) is 111 cm³/mol. The Bertz CT molecular complexity index is 1080. The van der Waals surface area contributed by atoms with Crippen molar-refractivity contribution in [1.82, 2.24) is 10.5 Å². The third kappa shape index (κ3) is 3.96. The molecule has 0 fully saturated rings. The van der Waals surface area contributed by atoms with E-state index in [9.17, 15) is 4.79 Å². The van der Waals surface area contributed by atoms with E-state index >= 15 is 0 Å². The van der Waals surface area contributed by atoms with Crippen molar-refractivity contribution in [2.45, 2.75) is 19.8 Å². The summed E-state index contributed by atoms with van der Waals surface area (Å²) in [4.78, 5) is 12.6. The fourth-order valence-electron chi connectivity index (χ4n) is 3.24. The van der Waals surface area contributed by atoms with Gasteiger partial charge in [-0.3, -0.25) is 4.79 Å². The highest BCUT2D eigenvalue weighted by Crippen LogP contribution is 2.29. The van der Waals surface area contributed by atoms with Gasteiger partial charge in [-0.2, -0.15) is 0 Å². The van der Waals surface area contributed by atoms with Crippen LogP contribution in [-0.4, -0.2) is 17.6 Å². The summed E-state index contributed by atoms with van der Waals surface area (Å²) in [6.07, 6.45) is 1.85. The number of hydrogen-bond acceptors (Lipinski definition) is 3. The molecule has 4 heteroatoms. The zero-order valence-electron chi connectivity index (χ0n) is 15.8. The molecule has 0 saturated carbocycles. The average Bonchev–Trinajstić information content (AvgIpc) is 3.15. The molecular weight excluding hydrogens is 348 g/mol. The van der Waals surface area contributed by atoms with E-state index in [4.69, 9.17) is 4.52 Å². The number of aryl methyl sites for hydroxylation is 2. The molecule has 4 rings (SSSR count). The number of benzene rings is 3. The number of carbonyl (C=O) groups is 1. The fourth-order valence-corrected chi connectivity index (χ4v) is 3.24. The summed E-state index contributed by atoms with van der Waals surface area (Å²) in [5.41, 5.74) is 4.78. The second kappa shape index (κ2) is 8.09. The summed E-state index contributed by atoms with van der Waals surface area (Å²) in [5, 5.41) is 7.97. The molecule has 0 atom stereocenters. The van der Waals surface area contributed by atoms with Crippen molar-refractivity contribution in [2.75, 3.05) is 6.54 Å². The van der Waals surface area contributed by atoms with E-state index in [1.165, 1.54) is 11.1 Å². The van der Waals surface area contributed by atoms with Gasteiger partial charge in [-0.15, -0.1) is 0 Å². The van der Waals surface area contributed by atoms with Crippen LogP contribution in [0.15, 0.2) is 77.3 Å². The summed E-state index contributed by atoms with van der Waals surface area (Å²) in [6.45, 7) is 2.68. The Balaban J connectivity index is 1.45. The van der Waals surface area contributed by atoms with Crippen LogP contribution in [0.25, 0.3) is 22.2 Å². The van der Waals surface area contributed by atoms with Gasteiger partial charge in [0.15, 0.2) is 5.76 Å². The molecular formula is C24H22N2O2. The Kier molecular flexibility index (Phi) is 5.20. The first-order chi connectivity index (χ1) is 13.7. The van der Waals surface area contributed by atoms with Crippen molar-refractivity contribution < 1.29 is 9.32 Å². The molecule has 1 heterocycles. The van der Waals surface area contributed by atoms with E-state index < -0.39 is 0 Å². The van der Waals surface area contributed by atoms with E-state index in [1.54, 1.807) is 6.07 Å². The van der Waals surface area contributed by atoms with Gasteiger partial charge in [0, 0.05) is 17.7 Å². The minimum Gasteiger partial charge on any atom is -0.355 e. The van der Waals surface area contributed by atoms with Crippen molar-refractivity contribution in [3.8, 4) is 11.3 Å². The largest absolute Gasteiger partial charge is 0.355 e. The fraction of sp³-hybridized carbons (Fsp3) is 0.167. The van der Waals surface area contributed by atoms with E-state index in [2.05, 4.69) is 22.6 Å². The second-order valence-corrected chi connectivity index (χ2v) is 6.95. The first kappa shape index (κ1) is 18.0. The van der Waals surface area contributed by atoms with Crippen LogP contribution in [0.2, 0.25) is 0 Å². The summed E-state index contributed by atoms with van der Waals surface area (Å²) in [6, 6.07) is 23.8. The number of carbonyl (C=O) groups excluding carboxylic acids is 1. The average molecular weight is 370 g/mol. The predicted octanol–water partition coefficient (Wildman–Crippen LogP) is 5.17. The number of fused-ring (bicyclic) bond motifs is 1. The van der Waals surface area contributed by atoms with Crippen LogP contribution in [0.5, 0.6) is 0 Å². The molecule has 0 aliphatic heterocycles. The Morgan fingerprint density at radius 2 is 1.79 bits per heavy atom. The lowest BCUT2D eigenvalue weighted by molar-refractivity contribution is 0.0953. The molecule has 28 heavy (non-hydrogen) atoms. The zero-order chi connectivity index (χ0) is 19.3. The summed E-state index contributed by atoms with van der Waals surface area (Å²) >= 11 is 0. The number of rotatable bonds is 6.